The van der Waals surface area contributed by atoms with Gasteiger partial charge in [-0.15, -0.1) is 0 Å². The molecule has 1 saturated carbocycles. The fourth-order valence-corrected chi connectivity index (χ4v) is 8.02. The number of fused-ring (bicyclic) bond motifs is 1. The van der Waals surface area contributed by atoms with Crippen LogP contribution in [0.5, 0.6) is 6.01 Å². The van der Waals surface area contributed by atoms with Crippen molar-refractivity contribution in [2.45, 2.75) is 90.5 Å². The van der Waals surface area contributed by atoms with Crippen LogP contribution >= 0.6 is 0 Å². The molecule has 0 bridgehead atoms. The number of esters is 1. The van der Waals surface area contributed by atoms with Crippen molar-refractivity contribution in [1.82, 2.24) is 29.2 Å². The van der Waals surface area contributed by atoms with Crippen LogP contribution in [0.2, 0.25) is 25.7 Å². The average Bonchev–Trinajstić information content (AvgIpc) is 3.75. The maximum atomic E-state index is 16.4. The van der Waals surface area contributed by atoms with Crippen LogP contribution in [0.15, 0.2) is 60.9 Å². The molecule has 5 aromatic rings. The number of hydrogen-bond donors (Lipinski definition) is 0. The molecule has 10 nitrogen and oxygen atoms in total. The quantitative estimate of drug-likeness (QED) is 0.0558. The Morgan fingerprint density at radius 1 is 0.909 bits per heavy atom. The van der Waals surface area contributed by atoms with E-state index < -0.39 is 19.7 Å². The highest BCUT2D eigenvalue weighted by molar-refractivity contribution is 6.76. The van der Waals surface area contributed by atoms with E-state index in [0.717, 1.165) is 74.6 Å². The van der Waals surface area contributed by atoms with Crippen molar-refractivity contribution < 1.29 is 27.8 Å². The Kier molecular flexibility index (Phi) is 12.1. The summed E-state index contributed by atoms with van der Waals surface area (Å²) in [6.45, 7) is 13.7. The van der Waals surface area contributed by atoms with Gasteiger partial charge in [0.1, 0.15) is 30.5 Å². The summed E-state index contributed by atoms with van der Waals surface area (Å²) in [7, 11) is -1.36. The van der Waals surface area contributed by atoms with Crippen molar-refractivity contribution in [2.75, 3.05) is 32.8 Å². The van der Waals surface area contributed by atoms with Crippen LogP contribution in [-0.4, -0.2) is 82.2 Å². The van der Waals surface area contributed by atoms with E-state index in [2.05, 4.69) is 39.6 Å². The van der Waals surface area contributed by atoms with Gasteiger partial charge in [-0.3, -0.25) is 14.0 Å². The number of imidazole rings is 1. The topological polar surface area (TPSA) is 96.5 Å². The molecule has 0 atom stereocenters. The van der Waals surface area contributed by atoms with E-state index in [-0.39, 0.29) is 47.3 Å². The Labute approximate surface area is 322 Å². The minimum Gasteiger partial charge on any atom is -0.466 e. The third kappa shape index (κ3) is 9.50. The predicted molar refractivity (Wildman–Crippen MR) is 212 cm³/mol. The van der Waals surface area contributed by atoms with Crippen molar-refractivity contribution in [1.29, 1.82) is 0 Å². The number of carbonyl (C=O) groups is 1. The van der Waals surface area contributed by atoms with E-state index in [1.165, 1.54) is 12.5 Å². The summed E-state index contributed by atoms with van der Waals surface area (Å²) in [6, 6.07) is 17.7. The highest BCUT2D eigenvalue weighted by Crippen LogP contribution is 2.37. The third-order valence-corrected chi connectivity index (χ3v) is 12.4. The SMILES string of the molecule is CCOC(=O)CC1CCC(Oc2nc3c(F)c(-c4ccc(-c5ccc(-c6ncn(CCN7CCC7)n6)cc5)cc4)c(F)cc3n2COCC[Si](C)(C)C)CC1. The van der Waals surface area contributed by atoms with Crippen molar-refractivity contribution in [3.05, 3.63) is 72.6 Å². The zero-order valence-electron chi connectivity index (χ0n) is 32.4. The molecule has 1 aliphatic carbocycles. The molecule has 1 saturated heterocycles. The first-order valence-electron chi connectivity index (χ1n) is 19.7. The average molecular weight is 771 g/mol. The van der Waals surface area contributed by atoms with Crippen LogP contribution in [0.4, 0.5) is 8.78 Å². The van der Waals surface area contributed by atoms with Gasteiger partial charge in [0, 0.05) is 39.3 Å². The highest BCUT2D eigenvalue weighted by atomic mass is 28.3. The van der Waals surface area contributed by atoms with E-state index in [1.54, 1.807) is 23.0 Å². The van der Waals surface area contributed by atoms with E-state index in [9.17, 15) is 4.79 Å². The number of rotatable bonds is 16. The Bertz CT molecular complexity index is 2070. The van der Waals surface area contributed by atoms with E-state index >= 15 is 8.78 Å². The zero-order valence-corrected chi connectivity index (χ0v) is 33.4. The molecule has 292 valence electrons. The highest BCUT2D eigenvalue weighted by Gasteiger charge is 2.28. The molecule has 55 heavy (non-hydrogen) atoms. The maximum absolute atomic E-state index is 16.4. The van der Waals surface area contributed by atoms with Gasteiger partial charge in [0.25, 0.3) is 6.01 Å². The Balaban J connectivity index is 1.08. The number of hydrogen-bond acceptors (Lipinski definition) is 8. The zero-order chi connectivity index (χ0) is 38.5. The van der Waals surface area contributed by atoms with Crippen molar-refractivity contribution >= 4 is 25.1 Å². The minimum absolute atomic E-state index is 0.0347. The maximum Gasteiger partial charge on any atom is 0.306 e. The first kappa shape index (κ1) is 38.8. The molecule has 3 heterocycles. The van der Waals surface area contributed by atoms with Gasteiger partial charge < -0.3 is 19.1 Å². The second-order valence-electron chi connectivity index (χ2n) is 16.0. The number of likely N-dealkylation sites (tertiary alicyclic amines) is 1. The molecule has 2 aliphatic rings. The molecular weight excluding hydrogens is 719 g/mol. The molecule has 0 spiro atoms. The molecular formula is C42H52F2N6O4Si. The van der Waals surface area contributed by atoms with E-state index in [4.69, 9.17) is 14.2 Å². The Morgan fingerprint density at radius 3 is 2.22 bits per heavy atom. The number of ether oxygens (including phenoxy) is 3. The van der Waals surface area contributed by atoms with E-state index in [1.807, 2.05) is 48.0 Å². The second kappa shape index (κ2) is 17.1. The van der Waals surface area contributed by atoms with Gasteiger partial charge in [0.2, 0.25) is 0 Å². The van der Waals surface area contributed by atoms with Gasteiger partial charge in [0.05, 0.1) is 24.2 Å². The fourth-order valence-electron chi connectivity index (χ4n) is 7.26. The molecule has 0 radical (unpaired) electrons. The summed E-state index contributed by atoms with van der Waals surface area (Å²) < 4.78 is 53.6. The normalized spacial score (nSPS) is 17.7. The minimum atomic E-state index is -1.36. The largest absolute Gasteiger partial charge is 0.466 e. The van der Waals surface area contributed by atoms with Gasteiger partial charge in [-0.25, -0.2) is 13.8 Å². The number of benzene rings is 3. The Morgan fingerprint density at radius 2 is 1.58 bits per heavy atom. The lowest BCUT2D eigenvalue weighted by molar-refractivity contribution is -0.144. The lowest BCUT2D eigenvalue weighted by Crippen LogP contribution is -2.39. The number of carbonyl (C=O) groups excluding carboxylic acids is 1. The van der Waals surface area contributed by atoms with Crippen LogP contribution in [0.3, 0.4) is 0 Å². The summed E-state index contributed by atoms with van der Waals surface area (Å²) in [6.07, 6.45) is 6.34. The van der Waals surface area contributed by atoms with Crippen molar-refractivity contribution in [2.24, 2.45) is 5.92 Å². The molecule has 13 heteroatoms. The van der Waals surface area contributed by atoms with Gasteiger partial charge in [-0.1, -0.05) is 68.2 Å². The van der Waals surface area contributed by atoms with Crippen molar-refractivity contribution in [3.8, 4) is 39.7 Å². The lowest BCUT2D eigenvalue weighted by atomic mass is 9.85. The molecule has 2 aromatic heterocycles. The molecule has 1 aliphatic heterocycles. The van der Waals surface area contributed by atoms with Crippen LogP contribution in [-0.2, 0) is 27.5 Å². The molecule has 0 unspecified atom stereocenters. The van der Waals surface area contributed by atoms with E-state index in [0.29, 0.717) is 31.0 Å². The molecule has 3 aromatic carbocycles. The molecule has 2 fully saturated rings. The lowest BCUT2D eigenvalue weighted by Gasteiger charge is -2.30. The van der Waals surface area contributed by atoms with Gasteiger partial charge >= 0.3 is 5.97 Å². The van der Waals surface area contributed by atoms with Crippen molar-refractivity contribution in [3.63, 3.8) is 0 Å². The standard InChI is InChI=1S/C42H52F2N6O4Si/c1-5-53-37(51)25-29-7-17-34(18-8-29)54-42-46-40-36(50(42)28-52-23-24-55(2,3)4)26-35(43)38(39(40)44)32-13-9-30(10-14-32)31-11-15-33(16-12-31)41-45-27-49(47-41)22-21-48-19-6-20-48/h9-16,26-27,29,34H,5-8,17-25,28H2,1-4H3. The van der Waals surface area contributed by atoms with Gasteiger partial charge in [0.15, 0.2) is 11.6 Å². The number of aromatic nitrogens is 5. The predicted octanol–water partition coefficient (Wildman–Crippen LogP) is 8.82. The second-order valence-corrected chi connectivity index (χ2v) is 21.7. The van der Waals surface area contributed by atoms with Crippen LogP contribution in [0.1, 0.15) is 45.4 Å². The number of halogens is 2. The summed E-state index contributed by atoms with van der Waals surface area (Å²) in [5.74, 6) is -0.688. The van der Waals surface area contributed by atoms with Crippen LogP contribution in [0, 0.1) is 17.6 Å². The molecule has 0 N–H and O–H groups in total. The molecule has 0 amide bonds. The summed E-state index contributed by atoms with van der Waals surface area (Å²) >= 11 is 0. The van der Waals surface area contributed by atoms with Gasteiger partial charge in [-0.2, -0.15) is 10.1 Å². The monoisotopic (exact) mass is 770 g/mol. The Hall–Kier alpha value is -4.46. The summed E-state index contributed by atoms with van der Waals surface area (Å²) in [4.78, 5) is 23.6. The molecule has 7 rings (SSSR count). The summed E-state index contributed by atoms with van der Waals surface area (Å²) in [5.41, 5.74) is 3.39. The van der Waals surface area contributed by atoms with Crippen LogP contribution < -0.4 is 4.74 Å². The smallest absolute Gasteiger partial charge is 0.306 e. The van der Waals surface area contributed by atoms with Gasteiger partial charge in [-0.05, 0) is 80.8 Å². The summed E-state index contributed by atoms with van der Waals surface area (Å²) in [5, 5.41) is 4.65. The third-order valence-electron chi connectivity index (χ3n) is 10.7. The number of nitrogens with zero attached hydrogens (tertiary/aromatic N) is 6. The van der Waals surface area contributed by atoms with Crippen LogP contribution in [0.25, 0.3) is 44.7 Å². The first-order chi connectivity index (χ1) is 26.5. The fraction of sp³-hybridized carbons (Fsp3) is 0.476. The first-order valence-corrected chi connectivity index (χ1v) is 23.4.